The minimum atomic E-state index is -0.150. The fourth-order valence-corrected chi connectivity index (χ4v) is 2.40. The van der Waals surface area contributed by atoms with E-state index in [0.717, 1.165) is 13.1 Å². The van der Waals surface area contributed by atoms with Gasteiger partial charge >= 0.3 is 6.03 Å². The number of anilines is 1. The molecule has 0 atom stereocenters. The molecule has 0 aliphatic carbocycles. The first kappa shape index (κ1) is 15.7. The van der Waals surface area contributed by atoms with Crippen LogP contribution in [0.4, 0.5) is 10.5 Å². The number of nitrogens with one attached hydrogen (secondary N) is 1. The van der Waals surface area contributed by atoms with Crippen molar-refractivity contribution in [3.63, 3.8) is 0 Å². The zero-order valence-corrected chi connectivity index (χ0v) is 13.2. The number of likely N-dealkylation sites (N-methyl/N-ethyl adjacent to an activating group) is 1. The number of carbonyl (C=O) groups excluding carboxylic acids is 1. The number of piperazine rings is 1. The van der Waals surface area contributed by atoms with Crippen LogP contribution in [0.25, 0.3) is 0 Å². The molecule has 7 heteroatoms. The van der Waals surface area contributed by atoms with Crippen LogP contribution in [0, 0.1) is 0 Å². The minimum Gasteiger partial charge on any atom is -0.495 e. The molecule has 21 heavy (non-hydrogen) atoms. The molecule has 1 aliphatic rings. The Bertz CT molecular complexity index is 516. The molecule has 0 bridgehead atoms. The highest BCUT2D eigenvalue weighted by atomic mass is 35.5. The summed E-state index contributed by atoms with van der Waals surface area (Å²) in [6.07, 6.45) is 0. The molecule has 1 aliphatic heterocycles. The smallest absolute Gasteiger partial charge is 0.322 e. The molecule has 0 spiro atoms. The number of benzene rings is 1. The van der Waals surface area contributed by atoms with E-state index in [9.17, 15) is 4.79 Å². The van der Waals surface area contributed by atoms with Gasteiger partial charge in [0, 0.05) is 32.2 Å². The third-order valence-corrected chi connectivity index (χ3v) is 3.80. The number of nitrogens with zero attached hydrogens (tertiary/aromatic N) is 2. The second kappa shape index (κ2) is 6.87. The second-order valence-electron chi connectivity index (χ2n) is 4.91. The quantitative estimate of drug-likeness (QED) is 0.929. The van der Waals surface area contributed by atoms with Crippen LogP contribution in [0.2, 0.25) is 5.02 Å². The van der Waals surface area contributed by atoms with Gasteiger partial charge in [-0.1, -0.05) is 11.6 Å². The molecule has 0 saturated carbocycles. The van der Waals surface area contributed by atoms with E-state index in [1.54, 1.807) is 17.0 Å². The van der Waals surface area contributed by atoms with E-state index in [1.165, 1.54) is 14.2 Å². The van der Waals surface area contributed by atoms with Crippen molar-refractivity contribution in [3.05, 3.63) is 17.2 Å². The van der Waals surface area contributed by atoms with E-state index in [0.29, 0.717) is 35.3 Å². The van der Waals surface area contributed by atoms with Crippen LogP contribution in [0.15, 0.2) is 12.1 Å². The van der Waals surface area contributed by atoms with Crippen molar-refractivity contribution in [2.45, 2.75) is 0 Å². The summed E-state index contributed by atoms with van der Waals surface area (Å²) in [5, 5.41) is 3.26. The molecule has 1 heterocycles. The van der Waals surface area contributed by atoms with Crippen molar-refractivity contribution >= 4 is 23.3 Å². The lowest BCUT2D eigenvalue weighted by atomic mass is 10.2. The van der Waals surface area contributed by atoms with Crippen molar-refractivity contribution in [2.24, 2.45) is 0 Å². The maximum atomic E-state index is 12.3. The summed E-state index contributed by atoms with van der Waals surface area (Å²) in [6, 6.07) is 3.14. The standard InChI is InChI=1S/C14H20ClN3O3/c1-17-4-6-18(7-5-17)14(19)16-11-8-10(15)12(20-2)9-13(11)21-3/h8-9H,4-7H2,1-3H3,(H,16,19). The zero-order valence-electron chi connectivity index (χ0n) is 12.5. The lowest BCUT2D eigenvalue weighted by Gasteiger charge is -2.32. The zero-order chi connectivity index (χ0) is 15.4. The maximum Gasteiger partial charge on any atom is 0.322 e. The first-order valence-corrected chi connectivity index (χ1v) is 7.09. The van der Waals surface area contributed by atoms with Crippen LogP contribution in [0.5, 0.6) is 11.5 Å². The largest absolute Gasteiger partial charge is 0.495 e. The summed E-state index contributed by atoms with van der Waals surface area (Å²) in [6.45, 7) is 3.14. The fraction of sp³-hybridized carbons (Fsp3) is 0.500. The minimum absolute atomic E-state index is 0.150. The van der Waals surface area contributed by atoms with Gasteiger partial charge < -0.3 is 24.6 Å². The normalized spacial score (nSPS) is 15.7. The molecule has 6 nitrogen and oxygen atoms in total. The molecule has 0 unspecified atom stereocenters. The Hall–Kier alpha value is -1.66. The molecule has 1 fully saturated rings. The van der Waals surface area contributed by atoms with Crippen molar-refractivity contribution in [3.8, 4) is 11.5 Å². The summed E-state index contributed by atoms with van der Waals surface area (Å²) in [4.78, 5) is 16.2. The number of methoxy groups -OCH3 is 2. The lowest BCUT2D eigenvalue weighted by molar-refractivity contribution is 0.164. The lowest BCUT2D eigenvalue weighted by Crippen LogP contribution is -2.48. The van der Waals surface area contributed by atoms with Gasteiger partial charge in [0.25, 0.3) is 0 Å². The van der Waals surface area contributed by atoms with Gasteiger partial charge in [-0.2, -0.15) is 0 Å². The Balaban J connectivity index is 2.11. The van der Waals surface area contributed by atoms with E-state index in [1.807, 2.05) is 7.05 Å². The van der Waals surface area contributed by atoms with Crippen molar-refractivity contribution in [1.29, 1.82) is 0 Å². The number of rotatable bonds is 3. The number of urea groups is 1. The number of carbonyl (C=O) groups is 1. The first-order valence-electron chi connectivity index (χ1n) is 6.71. The number of amides is 2. The predicted molar refractivity (Wildman–Crippen MR) is 82.6 cm³/mol. The Kier molecular flexibility index (Phi) is 5.14. The number of hydrogen-bond acceptors (Lipinski definition) is 4. The average molecular weight is 314 g/mol. The summed E-state index contributed by atoms with van der Waals surface area (Å²) in [5.74, 6) is 1.02. The Morgan fingerprint density at radius 2 is 1.76 bits per heavy atom. The van der Waals surface area contributed by atoms with Crippen LogP contribution in [-0.2, 0) is 0 Å². The molecule has 1 saturated heterocycles. The van der Waals surface area contributed by atoms with Crippen molar-refractivity contribution < 1.29 is 14.3 Å². The molecule has 2 rings (SSSR count). The van der Waals surface area contributed by atoms with Crippen LogP contribution in [0.3, 0.4) is 0 Å². The van der Waals surface area contributed by atoms with Gasteiger partial charge in [0.15, 0.2) is 0 Å². The topological polar surface area (TPSA) is 54.0 Å². The molecule has 1 N–H and O–H groups in total. The highest BCUT2D eigenvalue weighted by Crippen LogP contribution is 2.36. The third kappa shape index (κ3) is 3.71. The van der Waals surface area contributed by atoms with Gasteiger partial charge in [0.2, 0.25) is 0 Å². The molecular formula is C14H20ClN3O3. The van der Waals surface area contributed by atoms with Crippen molar-refractivity contribution in [2.75, 3.05) is 52.8 Å². The molecule has 1 aromatic carbocycles. The number of ether oxygens (including phenoxy) is 2. The van der Waals surface area contributed by atoms with Crippen LogP contribution < -0.4 is 14.8 Å². The molecule has 1 aromatic rings. The molecule has 116 valence electrons. The van der Waals surface area contributed by atoms with E-state index in [2.05, 4.69) is 10.2 Å². The van der Waals surface area contributed by atoms with Gasteiger partial charge in [0.05, 0.1) is 24.9 Å². The van der Waals surface area contributed by atoms with Gasteiger partial charge in [-0.25, -0.2) is 4.79 Å². The maximum absolute atomic E-state index is 12.3. The Morgan fingerprint density at radius 1 is 1.14 bits per heavy atom. The summed E-state index contributed by atoms with van der Waals surface area (Å²) in [5.41, 5.74) is 0.534. The molecular weight excluding hydrogens is 294 g/mol. The van der Waals surface area contributed by atoms with E-state index in [-0.39, 0.29) is 6.03 Å². The van der Waals surface area contributed by atoms with Gasteiger partial charge in [0.1, 0.15) is 11.5 Å². The fourth-order valence-electron chi connectivity index (χ4n) is 2.16. The summed E-state index contributed by atoms with van der Waals surface area (Å²) < 4.78 is 10.4. The van der Waals surface area contributed by atoms with Gasteiger partial charge in [-0.15, -0.1) is 0 Å². The SMILES string of the molecule is COc1cc(OC)c(NC(=O)N2CCN(C)CC2)cc1Cl. The number of hydrogen-bond donors (Lipinski definition) is 1. The highest BCUT2D eigenvalue weighted by molar-refractivity contribution is 6.32. The summed E-state index contributed by atoms with van der Waals surface area (Å²) in [7, 11) is 5.11. The monoisotopic (exact) mass is 313 g/mol. The molecule has 2 amide bonds. The van der Waals surface area contributed by atoms with E-state index < -0.39 is 0 Å². The Morgan fingerprint density at radius 3 is 2.33 bits per heavy atom. The molecule has 0 aromatic heterocycles. The van der Waals surface area contributed by atoms with Crippen molar-refractivity contribution in [1.82, 2.24) is 9.80 Å². The van der Waals surface area contributed by atoms with Gasteiger partial charge in [-0.3, -0.25) is 0 Å². The third-order valence-electron chi connectivity index (χ3n) is 3.51. The number of halogens is 1. The van der Waals surface area contributed by atoms with E-state index >= 15 is 0 Å². The highest BCUT2D eigenvalue weighted by Gasteiger charge is 2.20. The van der Waals surface area contributed by atoms with Crippen LogP contribution in [-0.4, -0.2) is 63.3 Å². The van der Waals surface area contributed by atoms with Crippen LogP contribution in [0.1, 0.15) is 0 Å². The molecule has 0 radical (unpaired) electrons. The van der Waals surface area contributed by atoms with Crippen LogP contribution >= 0.6 is 11.6 Å². The second-order valence-corrected chi connectivity index (χ2v) is 5.31. The Labute approximate surface area is 129 Å². The average Bonchev–Trinajstić information content (AvgIpc) is 2.48. The van der Waals surface area contributed by atoms with E-state index in [4.69, 9.17) is 21.1 Å². The first-order chi connectivity index (χ1) is 10.0. The van der Waals surface area contributed by atoms with Gasteiger partial charge in [-0.05, 0) is 13.1 Å². The summed E-state index contributed by atoms with van der Waals surface area (Å²) >= 11 is 6.09. The predicted octanol–water partition coefficient (Wildman–Crippen LogP) is 2.14.